The summed E-state index contributed by atoms with van der Waals surface area (Å²) in [6.07, 6.45) is 11.1. The molecule has 0 aromatic heterocycles. The number of carbonyl (C=O) groups excluding carboxylic acids is 2. The third-order valence-corrected chi connectivity index (χ3v) is 4.83. The van der Waals surface area contributed by atoms with E-state index in [4.69, 9.17) is 15.9 Å². The van der Waals surface area contributed by atoms with Crippen LogP contribution < -0.4 is 21.1 Å². The minimum Gasteiger partial charge on any atom is -0.494 e. The van der Waals surface area contributed by atoms with Gasteiger partial charge in [-0.15, -0.1) is 0 Å². The van der Waals surface area contributed by atoms with Crippen molar-refractivity contribution in [2.75, 3.05) is 19.5 Å². The van der Waals surface area contributed by atoms with E-state index in [1.54, 1.807) is 13.2 Å². The molecule has 0 bridgehead atoms. The molecule has 0 unspecified atom stereocenters. The fourth-order valence-corrected chi connectivity index (χ4v) is 2.96. The van der Waals surface area contributed by atoms with Gasteiger partial charge in [0.05, 0.1) is 18.5 Å². The van der Waals surface area contributed by atoms with E-state index in [2.05, 4.69) is 42.5 Å². The number of allylic oxidation sites excluding steroid dienone is 4. The Morgan fingerprint density at radius 2 is 1.84 bits per heavy atom. The minimum absolute atomic E-state index is 0.0757. The monoisotopic (exact) mass is 511 g/mol. The average Bonchev–Trinajstić information content (AvgIpc) is 3.75. The molecular formula is C29H45N5O3. The van der Waals surface area contributed by atoms with Crippen LogP contribution in [0.2, 0.25) is 0 Å². The van der Waals surface area contributed by atoms with Crippen molar-refractivity contribution in [3.63, 3.8) is 0 Å². The van der Waals surface area contributed by atoms with Crippen LogP contribution in [-0.4, -0.2) is 37.5 Å². The first kappa shape index (κ1) is 33.3. The molecule has 0 saturated heterocycles. The number of amidine groups is 1. The standard InChI is InChI=1S/C24H31N5O3.C3H8.C2H6/c1-5-7-9-15(6-2)17-10-8-11-18(22(17)32-4)28-19(21(26)24(31)27-3)14-20(25)29-23(30)16-12-13-16;1-3-2;1-2/h6-11,14,16,26,28H,5,12-13H2,1-4H3,(H,27,31)(H2,25,29,30);3H2,1-2H3;1-2H3/b9-7-,15-6+,19-14+,26-21?;;. The van der Waals surface area contributed by atoms with Gasteiger partial charge >= 0.3 is 0 Å². The minimum atomic E-state index is -0.611. The summed E-state index contributed by atoms with van der Waals surface area (Å²) in [4.78, 5) is 28.0. The number of nitrogens with zero attached hydrogens (tertiary/aromatic N) is 1. The van der Waals surface area contributed by atoms with E-state index >= 15 is 0 Å². The number of amides is 2. The quantitative estimate of drug-likeness (QED) is 0.177. The molecule has 0 aliphatic heterocycles. The van der Waals surface area contributed by atoms with Crippen LogP contribution in [0.5, 0.6) is 5.75 Å². The maximum Gasteiger partial charge on any atom is 0.271 e. The van der Waals surface area contributed by atoms with Gasteiger partial charge in [-0.2, -0.15) is 4.99 Å². The Hall–Kier alpha value is -3.68. The van der Waals surface area contributed by atoms with E-state index in [-0.39, 0.29) is 29.1 Å². The Kier molecular flexibility index (Phi) is 16.7. The van der Waals surface area contributed by atoms with Gasteiger partial charge in [0.25, 0.3) is 11.8 Å². The van der Waals surface area contributed by atoms with E-state index in [9.17, 15) is 9.59 Å². The molecule has 8 heteroatoms. The second-order valence-corrected chi connectivity index (χ2v) is 7.93. The van der Waals surface area contributed by atoms with Crippen LogP contribution in [0, 0.1) is 11.3 Å². The van der Waals surface area contributed by atoms with Gasteiger partial charge in [0.15, 0.2) is 0 Å². The topological polar surface area (TPSA) is 130 Å². The predicted molar refractivity (Wildman–Crippen MR) is 156 cm³/mol. The summed E-state index contributed by atoms with van der Waals surface area (Å²) in [6, 6.07) is 5.54. The lowest BCUT2D eigenvalue weighted by Crippen LogP contribution is -2.31. The molecule has 1 aliphatic rings. The Morgan fingerprint density at radius 3 is 2.32 bits per heavy atom. The van der Waals surface area contributed by atoms with Crippen molar-refractivity contribution in [3.8, 4) is 5.75 Å². The van der Waals surface area contributed by atoms with Gasteiger partial charge in [0.2, 0.25) is 0 Å². The van der Waals surface area contributed by atoms with Crippen molar-refractivity contribution in [2.45, 2.75) is 67.2 Å². The van der Waals surface area contributed by atoms with Crippen molar-refractivity contribution >= 4 is 34.6 Å². The van der Waals surface area contributed by atoms with Crippen molar-refractivity contribution in [1.29, 1.82) is 5.41 Å². The number of carbonyl (C=O) groups is 2. The Labute approximate surface area is 222 Å². The fraction of sp³-hybridized carbons (Fsp3) is 0.448. The highest BCUT2D eigenvalue weighted by molar-refractivity contribution is 6.45. The average molecular weight is 512 g/mol. The summed E-state index contributed by atoms with van der Waals surface area (Å²) in [6.45, 7) is 12.2. The summed E-state index contributed by atoms with van der Waals surface area (Å²) >= 11 is 0. The van der Waals surface area contributed by atoms with Crippen molar-refractivity contribution in [3.05, 3.63) is 53.8 Å². The van der Waals surface area contributed by atoms with Crippen LogP contribution in [0.15, 0.2) is 53.2 Å². The Morgan fingerprint density at radius 1 is 1.22 bits per heavy atom. The van der Waals surface area contributed by atoms with Crippen LogP contribution in [0.4, 0.5) is 5.69 Å². The van der Waals surface area contributed by atoms with E-state index < -0.39 is 5.91 Å². The molecule has 1 saturated carbocycles. The second-order valence-electron chi connectivity index (χ2n) is 7.93. The number of methoxy groups -OCH3 is 1. The third-order valence-electron chi connectivity index (χ3n) is 4.83. The molecule has 37 heavy (non-hydrogen) atoms. The van der Waals surface area contributed by atoms with Gasteiger partial charge in [-0.1, -0.05) is 71.4 Å². The molecular weight excluding hydrogens is 466 g/mol. The molecule has 0 radical (unpaired) electrons. The van der Waals surface area contributed by atoms with E-state index in [1.165, 1.54) is 19.5 Å². The number of rotatable bonds is 10. The highest BCUT2D eigenvalue weighted by Crippen LogP contribution is 2.35. The van der Waals surface area contributed by atoms with Crippen LogP contribution in [-0.2, 0) is 9.59 Å². The largest absolute Gasteiger partial charge is 0.494 e. The molecule has 5 N–H and O–H groups in total. The van der Waals surface area contributed by atoms with Gasteiger partial charge in [0.1, 0.15) is 17.3 Å². The SMILES string of the molecule is C/C=C(\C=C/CC)c1cccc(N/C(=C/C(N)=NC(=O)C2CC2)C(=N)C(=O)NC)c1OC.CC.CCC. The van der Waals surface area contributed by atoms with E-state index in [0.717, 1.165) is 30.4 Å². The lowest BCUT2D eigenvalue weighted by molar-refractivity contribution is -0.119. The maximum atomic E-state index is 12.1. The van der Waals surface area contributed by atoms with Gasteiger partial charge in [-0.3, -0.25) is 15.0 Å². The number of ether oxygens (including phenoxy) is 1. The second kappa shape index (κ2) is 18.6. The summed E-state index contributed by atoms with van der Waals surface area (Å²) < 4.78 is 5.66. The molecule has 1 fully saturated rings. The van der Waals surface area contributed by atoms with Crippen LogP contribution >= 0.6 is 0 Å². The van der Waals surface area contributed by atoms with Crippen LogP contribution in [0.25, 0.3) is 5.57 Å². The number of hydrogen-bond donors (Lipinski definition) is 4. The lowest BCUT2D eigenvalue weighted by atomic mass is 10.0. The first-order valence-corrected chi connectivity index (χ1v) is 13.0. The zero-order chi connectivity index (χ0) is 28.4. The number of benzene rings is 1. The molecule has 1 aliphatic carbocycles. The molecule has 2 amide bonds. The van der Waals surface area contributed by atoms with Gasteiger partial charge in [-0.25, -0.2) is 0 Å². The zero-order valence-electron chi connectivity index (χ0n) is 23.7. The summed E-state index contributed by atoms with van der Waals surface area (Å²) in [5.41, 5.74) is 8.03. The molecule has 204 valence electrons. The Balaban J connectivity index is 0.00000241. The number of para-hydroxylation sites is 1. The summed E-state index contributed by atoms with van der Waals surface area (Å²) in [7, 11) is 2.99. The molecule has 0 spiro atoms. The number of hydrogen-bond acceptors (Lipinski definition) is 5. The highest BCUT2D eigenvalue weighted by atomic mass is 16.5. The number of aliphatic imine (C=N–C) groups is 1. The smallest absolute Gasteiger partial charge is 0.271 e. The van der Waals surface area contributed by atoms with Crippen LogP contribution in [0.3, 0.4) is 0 Å². The van der Waals surface area contributed by atoms with Crippen molar-refractivity contribution in [2.24, 2.45) is 16.6 Å². The number of anilines is 1. The number of nitrogens with two attached hydrogens (primary N) is 1. The third kappa shape index (κ3) is 11.3. The molecule has 2 rings (SSSR count). The van der Waals surface area contributed by atoms with E-state index in [0.29, 0.717) is 11.4 Å². The van der Waals surface area contributed by atoms with Gasteiger partial charge in [-0.05, 0) is 37.8 Å². The number of nitrogens with one attached hydrogen (secondary N) is 3. The lowest BCUT2D eigenvalue weighted by Gasteiger charge is -2.18. The molecule has 0 heterocycles. The summed E-state index contributed by atoms with van der Waals surface area (Å²) in [5.74, 6) is -0.511. The Bertz CT molecular complexity index is 1020. The van der Waals surface area contributed by atoms with Gasteiger partial charge < -0.3 is 21.1 Å². The van der Waals surface area contributed by atoms with Crippen molar-refractivity contribution in [1.82, 2.24) is 5.32 Å². The van der Waals surface area contributed by atoms with Crippen LogP contribution in [0.1, 0.15) is 72.8 Å². The molecule has 0 atom stereocenters. The van der Waals surface area contributed by atoms with E-state index in [1.807, 2.05) is 45.1 Å². The summed E-state index contributed by atoms with van der Waals surface area (Å²) in [5, 5.41) is 13.8. The highest BCUT2D eigenvalue weighted by Gasteiger charge is 2.29. The molecule has 1 aromatic carbocycles. The first-order valence-electron chi connectivity index (χ1n) is 13.0. The molecule has 8 nitrogen and oxygen atoms in total. The fourth-order valence-electron chi connectivity index (χ4n) is 2.96. The first-order chi connectivity index (χ1) is 17.8. The predicted octanol–water partition coefficient (Wildman–Crippen LogP) is 5.86. The normalized spacial score (nSPS) is 13.6. The zero-order valence-corrected chi connectivity index (χ0v) is 23.7. The van der Waals surface area contributed by atoms with Crippen molar-refractivity contribution < 1.29 is 14.3 Å². The van der Waals surface area contributed by atoms with Gasteiger partial charge in [0, 0.05) is 24.6 Å². The maximum absolute atomic E-state index is 12.1. The molecule has 1 aromatic rings.